The third-order valence-electron chi connectivity index (χ3n) is 5.18. The summed E-state index contributed by atoms with van der Waals surface area (Å²) in [6.45, 7) is 4.48. The van der Waals surface area contributed by atoms with Crippen LogP contribution in [0.1, 0.15) is 21.5 Å². The number of amides is 1. The van der Waals surface area contributed by atoms with Gasteiger partial charge < -0.3 is 5.32 Å². The fraction of sp³-hybridized carbons (Fsp3) is 0.381. The lowest BCUT2D eigenvalue weighted by atomic mass is 10.1. The lowest BCUT2D eigenvalue weighted by Crippen LogP contribution is -2.50. The van der Waals surface area contributed by atoms with Crippen molar-refractivity contribution in [1.29, 1.82) is 0 Å². The van der Waals surface area contributed by atoms with Crippen LogP contribution in [0.4, 0.5) is 13.2 Å². The fourth-order valence-corrected chi connectivity index (χ4v) is 4.72. The first-order valence-electron chi connectivity index (χ1n) is 9.82. The van der Waals surface area contributed by atoms with Crippen molar-refractivity contribution in [2.24, 2.45) is 0 Å². The van der Waals surface area contributed by atoms with Crippen LogP contribution in [0.2, 0.25) is 0 Å². The molecule has 31 heavy (non-hydrogen) atoms. The van der Waals surface area contributed by atoms with E-state index in [1.54, 1.807) is 24.3 Å². The Bertz CT molecular complexity index is 999. The molecule has 2 aromatic rings. The molecule has 1 aliphatic rings. The lowest BCUT2D eigenvalue weighted by molar-refractivity contribution is -0.137. The van der Waals surface area contributed by atoms with Crippen molar-refractivity contribution in [3.05, 3.63) is 65.2 Å². The molecular weight excluding hydrogens is 431 g/mol. The van der Waals surface area contributed by atoms with Gasteiger partial charge in [0.1, 0.15) is 0 Å². The Kier molecular flexibility index (Phi) is 7.03. The second-order valence-corrected chi connectivity index (χ2v) is 9.33. The Labute approximate surface area is 179 Å². The van der Waals surface area contributed by atoms with Crippen molar-refractivity contribution >= 4 is 15.9 Å². The van der Waals surface area contributed by atoms with E-state index in [2.05, 4.69) is 5.32 Å². The molecule has 1 fully saturated rings. The van der Waals surface area contributed by atoms with Crippen molar-refractivity contribution in [3.63, 3.8) is 0 Å². The topological polar surface area (TPSA) is 69.7 Å². The molecule has 0 radical (unpaired) electrons. The van der Waals surface area contributed by atoms with E-state index in [1.807, 2.05) is 11.8 Å². The van der Waals surface area contributed by atoms with Gasteiger partial charge >= 0.3 is 6.18 Å². The zero-order chi connectivity index (χ0) is 22.6. The number of nitrogens with one attached hydrogen (secondary N) is 1. The highest BCUT2D eigenvalue weighted by atomic mass is 32.2. The minimum atomic E-state index is -4.44. The number of benzene rings is 2. The van der Waals surface area contributed by atoms with Gasteiger partial charge in [-0.25, -0.2) is 8.42 Å². The van der Waals surface area contributed by atoms with Gasteiger partial charge in [0.25, 0.3) is 5.91 Å². The van der Waals surface area contributed by atoms with Crippen molar-refractivity contribution in [3.8, 4) is 0 Å². The van der Waals surface area contributed by atoms with Gasteiger partial charge in [0.2, 0.25) is 10.0 Å². The quantitative estimate of drug-likeness (QED) is 0.727. The molecule has 1 N–H and O–H groups in total. The number of nitrogens with zero attached hydrogens (tertiary/aromatic N) is 2. The second-order valence-electron chi connectivity index (χ2n) is 7.39. The highest BCUT2D eigenvalue weighted by Gasteiger charge is 2.30. The van der Waals surface area contributed by atoms with E-state index in [0.29, 0.717) is 39.3 Å². The average Bonchev–Trinajstić information content (AvgIpc) is 2.74. The van der Waals surface area contributed by atoms with Crippen LogP contribution in [-0.4, -0.2) is 62.8 Å². The Hall–Kier alpha value is -2.43. The molecule has 0 aromatic heterocycles. The maximum absolute atomic E-state index is 12.7. The van der Waals surface area contributed by atoms with Gasteiger partial charge in [-0.05, 0) is 43.3 Å². The van der Waals surface area contributed by atoms with Crippen LogP contribution in [0, 0.1) is 6.92 Å². The molecule has 3 rings (SSSR count). The Morgan fingerprint density at radius 1 is 0.968 bits per heavy atom. The van der Waals surface area contributed by atoms with Crippen molar-refractivity contribution in [2.75, 3.05) is 39.3 Å². The van der Waals surface area contributed by atoms with Crippen LogP contribution >= 0.6 is 0 Å². The zero-order valence-corrected chi connectivity index (χ0v) is 17.8. The highest BCUT2D eigenvalue weighted by Crippen LogP contribution is 2.29. The predicted octanol–water partition coefficient (Wildman–Crippen LogP) is 2.75. The van der Waals surface area contributed by atoms with E-state index in [0.717, 1.165) is 29.8 Å². The van der Waals surface area contributed by atoms with Gasteiger partial charge in [-0.15, -0.1) is 0 Å². The van der Waals surface area contributed by atoms with E-state index < -0.39 is 27.7 Å². The van der Waals surface area contributed by atoms with Crippen LogP contribution in [-0.2, 0) is 16.2 Å². The number of hydrogen-bond acceptors (Lipinski definition) is 4. The summed E-state index contributed by atoms with van der Waals surface area (Å²) < 4.78 is 64.7. The third-order valence-corrected chi connectivity index (χ3v) is 7.09. The molecule has 0 spiro atoms. The Morgan fingerprint density at radius 3 is 2.10 bits per heavy atom. The molecule has 0 bridgehead atoms. The Morgan fingerprint density at radius 2 is 1.55 bits per heavy atom. The molecule has 0 atom stereocenters. The van der Waals surface area contributed by atoms with E-state index in [1.165, 1.54) is 4.31 Å². The van der Waals surface area contributed by atoms with Gasteiger partial charge in [-0.2, -0.15) is 17.5 Å². The molecule has 10 heteroatoms. The molecule has 1 aliphatic heterocycles. The molecule has 6 nitrogen and oxygen atoms in total. The van der Waals surface area contributed by atoms with E-state index in [9.17, 15) is 26.4 Å². The van der Waals surface area contributed by atoms with Crippen molar-refractivity contribution < 1.29 is 26.4 Å². The number of halogens is 3. The minimum Gasteiger partial charge on any atom is -0.351 e. The minimum absolute atomic E-state index is 0.155. The Balaban J connectivity index is 1.45. The van der Waals surface area contributed by atoms with E-state index >= 15 is 0 Å². The number of hydrogen-bond donors (Lipinski definition) is 1. The summed E-state index contributed by atoms with van der Waals surface area (Å²) in [4.78, 5) is 14.4. The molecule has 1 amide bonds. The van der Waals surface area contributed by atoms with Crippen LogP contribution < -0.4 is 5.32 Å². The predicted molar refractivity (Wildman–Crippen MR) is 110 cm³/mol. The summed E-state index contributed by atoms with van der Waals surface area (Å²) >= 11 is 0. The summed E-state index contributed by atoms with van der Waals surface area (Å²) in [6, 6.07) is 10.8. The lowest BCUT2D eigenvalue weighted by Gasteiger charge is -2.34. The molecule has 1 heterocycles. The molecule has 1 saturated heterocycles. The number of piperazine rings is 1. The number of aryl methyl sites for hydroxylation is 1. The van der Waals surface area contributed by atoms with Crippen LogP contribution in [0.25, 0.3) is 0 Å². The zero-order valence-electron chi connectivity index (χ0n) is 17.0. The maximum Gasteiger partial charge on any atom is 0.416 e. The molecule has 2 aromatic carbocycles. The van der Waals surface area contributed by atoms with Gasteiger partial charge in [-0.3, -0.25) is 9.69 Å². The summed E-state index contributed by atoms with van der Waals surface area (Å²) in [7, 11) is -3.53. The normalized spacial score (nSPS) is 16.3. The molecule has 0 aliphatic carbocycles. The third kappa shape index (κ3) is 5.84. The largest absolute Gasteiger partial charge is 0.416 e. The summed E-state index contributed by atoms with van der Waals surface area (Å²) in [5, 5.41) is 2.68. The van der Waals surface area contributed by atoms with Crippen LogP contribution in [0.15, 0.2) is 53.4 Å². The first-order valence-corrected chi connectivity index (χ1v) is 11.3. The smallest absolute Gasteiger partial charge is 0.351 e. The number of sulfonamides is 1. The average molecular weight is 456 g/mol. The van der Waals surface area contributed by atoms with Crippen LogP contribution in [0.3, 0.4) is 0 Å². The molecule has 168 valence electrons. The molecule has 0 unspecified atom stereocenters. The van der Waals surface area contributed by atoms with Gasteiger partial charge in [0.15, 0.2) is 0 Å². The number of rotatable bonds is 6. The van der Waals surface area contributed by atoms with Gasteiger partial charge in [0, 0.05) is 44.8 Å². The van der Waals surface area contributed by atoms with Gasteiger partial charge in [-0.1, -0.05) is 17.7 Å². The molecule has 0 saturated carbocycles. The summed E-state index contributed by atoms with van der Waals surface area (Å²) in [6.07, 6.45) is -4.44. The van der Waals surface area contributed by atoms with Gasteiger partial charge in [0.05, 0.1) is 10.5 Å². The first-order chi connectivity index (χ1) is 14.6. The monoisotopic (exact) mass is 455 g/mol. The first kappa shape index (κ1) is 23.2. The number of alkyl halides is 3. The van der Waals surface area contributed by atoms with Crippen LogP contribution in [0.5, 0.6) is 0 Å². The second kappa shape index (κ2) is 9.37. The van der Waals surface area contributed by atoms with E-state index in [4.69, 9.17) is 0 Å². The molecular formula is C21H24F3N3O3S. The highest BCUT2D eigenvalue weighted by molar-refractivity contribution is 7.89. The SMILES string of the molecule is Cc1ccc(S(=O)(=O)N2CCN(CCNC(=O)c3ccc(C(F)(F)F)cc3)CC2)cc1. The fourth-order valence-electron chi connectivity index (χ4n) is 3.29. The number of carbonyl (C=O) groups excluding carboxylic acids is 1. The summed E-state index contributed by atoms with van der Waals surface area (Å²) in [5.41, 5.74) is 0.339. The van der Waals surface area contributed by atoms with Crippen molar-refractivity contribution in [1.82, 2.24) is 14.5 Å². The van der Waals surface area contributed by atoms with Crippen molar-refractivity contribution in [2.45, 2.75) is 18.0 Å². The standard InChI is InChI=1S/C21H24F3N3O3S/c1-16-2-8-19(9-3-16)31(29,30)27-14-12-26(13-15-27)11-10-25-20(28)17-4-6-18(7-5-17)21(22,23)24/h2-9H,10-15H2,1H3,(H,25,28). The van der Waals surface area contributed by atoms with E-state index in [-0.39, 0.29) is 10.5 Å². The number of carbonyl (C=O) groups is 1. The summed E-state index contributed by atoms with van der Waals surface area (Å²) in [5.74, 6) is -0.450. The maximum atomic E-state index is 12.7.